The third-order valence-electron chi connectivity index (χ3n) is 5.23. The Hall–Kier alpha value is -3.12. The van der Waals surface area contributed by atoms with Gasteiger partial charge < -0.3 is 15.5 Å². The minimum absolute atomic E-state index is 0.192. The van der Waals surface area contributed by atoms with Crippen LogP contribution in [0.2, 0.25) is 0 Å². The van der Waals surface area contributed by atoms with Crippen molar-refractivity contribution in [2.75, 3.05) is 5.32 Å². The highest BCUT2D eigenvalue weighted by molar-refractivity contribution is 5.94. The normalized spacial score (nSPS) is 24.2. The highest BCUT2D eigenvalue weighted by Gasteiger charge is 2.50. The van der Waals surface area contributed by atoms with E-state index in [0.717, 1.165) is 5.56 Å². The van der Waals surface area contributed by atoms with E-state index in [1.165, 1.54) is 0 Å². The number of H-pyrrole nitrogens is 2. The molecule has 27 heavy (non-hydrogen) atoms. The number of para-hydroxylation sites is 1. The van der Waals surface area contributed by atoms with E-state index in [9.17, 15) is 14.7 Å². The van der Waals surface area contributed by atoms with Crippen LogP contribution in [-0.2, 0) is 11.2 Å². The van der Waals surface area contributed by atoms with Gasteiger partial charge in [-0.1, -0.05) is 48.5 Å². The van der Waals surface area contributed by atoms with Crippen LogP contribution >= 0.6 is 0 Å². The van der Waals surface area contributed by atoms with Crippen molar-refractivity contribution in [2.24, 2.45) is 5.92 Å². The van der Waals surface area contributed by atoms with Gasteiger partial charge in [0.1, 0.15) is 0 Å². The molecular formula is C21H21N3O3. The van der Waals surface area contributed by atoms with Gasteiger partial charge in [-0.05, 0) is 24.6 Å². The third kappa shape index (κ3) is 3.08. The molecule has 0 spiro atoms. The molecule has 1 aromatic heterocycles. The predicted molar refractivity (Wildman–Crippen MR) is 103 cm³/mol. The lowest BCUT2D eigenvalue weighted by atomic mass is 9.66. The largest absolute Gasteiger partial charge is 0.389 e. The molecule has 138 valence electrons. The van der Waals surface area contributed by atoms with Gasteiger partial charge in [-0.15, -0.1) is 0 Å². The lowest BCUT2D eigenvalue weighted by Gasteiger charge is -2.41. The van der Waals surface area contributed by atoms with Crippen LogP contribution in [-0.4, -0.2) is 26.8 Å². The van der Waals surface area contributed by atoms with Gasteiger partial charge in [-0.3, -0.25) is 14.7 Å². The van der Waals surface area contributed by atoms with Crippen molar-refractivity contribution < 1.29 is 9.90 Å². The fourth-order valence-corrected chi connectivity index (χ4v) is 4.06. The van der Waals surface area contributed by atoms with Crippen molar-refractivity contribution in [3.05, 3.63) is 87.8 Å². The average Bonchev–Trinajstić information content (AvgIpc) is 3.01. The van der Waals surface area contributed by atoms with E-state index in [1.807, 2.05) is 48.5 Å². The zero-order valence-electron chi connectivity index (χ0n) is 14.9. The zero-order chi connectivity index (χ0) is 19.0. The van der Waals surface area contributed by atoms with Crippen molar-refractivity contribution in [1.82, 2.24) is 10.2 Å². The molecule has 0 bridgehead atoms. The van der Waals surface area contributed by atoms with Crippen molar-refractivity contribution in [1.29, 1.82) is 0 Å². The number of aromatic nitrogens is 2. The number of amides is 1. The Labute approximate surface area is 156 Å². The highest BCUT2D eigenvalue weighted by Crippen LogP contribution is 2.44. The van der Waals surface area contributed by atoms with Gasteiger partial charge in [0.05, 0.1) is 11.5 Å². The minimum Gasteiger partial charge on any atom is -0.389 e. The van der Waals surface area contributed by atoms with Crippen molar-refractivity contribution in [3.8, 4) is 0 Å². The highest BCUT2D eigenvalue weighted by atomic mass is 16.3. The lowest BCUT2D eigenvalue weighted by Crippen LogP contribution is -2.51. The van der Waals surface area contributed by atoms with E-state index >= 15 is 0 Å². The van der Waals surface area contributed by atoms with Gasteiger partial charge in [0.15, 0.2) is 0 Å². The SMILES string of the molecule is C[C@]1(O)Cc2[nH][nH]c(=O)c2[C@H](c2ccccc2)[C@H]1C(=O)Nc1ccccc1. The summed E-state index contributed by atoms with van der Waals surface area (Å²) >= 11 is 0. The summed E-state index contributed by atoms with van der Waals surface area (Å²) in [7, 11) is 0. The Kier molecular flexibility index (Phi) is 4.20. The van der Waals surface area contributed by atoms with Gasteiger partial charge in [-0.2, -0.15) is 0 Å². The number of aromatic amines is 2. The number of anilines is 1. The Morgan fingerprint density at radius 2 is 1.70 bits per heavy atom. The summed E-state index contributed by atoms with van der Waals surface area (Å²) in [6, 6.07) is 18.5. The molecule has 1 aliphatic carbocycles. The molecule has 6 nitrogen and oxygen atoms in total. The Morgan fingerprint density at radius 3 is 2.37 bits per heavy atom. The Morgan fingerprint density at radius 1 is 1.07 bits per heavy atom. The van der Waals surface area contributed by atoms with Gasteiger partial charge in [0.25, 0.3) is 5.56 Å². The van der Waals surface area contributed by atoms with E-state index in [1.54, 1.807) is 19.1 Å². The summed E-state index contributed by atoms with van der Waals surface area (Å²) in [5.41, 5.74) is 1.05. The number of carbonyl (C=O) groups is 1. The Balaban J connectivity index is 1.82. The van der Waals surface area contributed by atoms with Crippen LogP contribution in [0.3, 0.4) is 0 Å². The fourth-order valence-electron chi connectivity index (χ4n) is 4.06. The molecular weight excluding hydrogens is 342 g/mol. The molecule has 0 unspecified atom stereocenters. The number of benzene rings is 2. The predicted octanol–water partition coefficient (Wildman–Crippen LogP) is 2.40. The van der Waals surface area contributed by atoms with Crippen LogP contribution in [0.5, 0.6) is 0 Å². The first kappa shape index (κ1) is 17.3. The molecule has 6 heteroatoms. The summed E-state index contributed by atoms with van der Waals surface area (Å²) in [6.45, 7) is 1.65. The number of carbonyl (C=O) groups excluding carboxylic acids is 1. The second kappa shape index (κ2) is 6.55. The molecule has 4 rings (SSSR count). The molecule has 2 aromatic carbocycles. The van der Waals surface area contributed by atoms with Crippen LogP contribution in [0.25, 0.3) is 0 Å². The number of fused-ring (bicyclic) bond motifs is 1. The topological polar surface area (TPSA) is 98.0 Å². The third-order valence-corrected chi connectivity index (χ3v) is 5.23. The first-order valence-electron chi connectivity index (χ1n) is 8.90. The number of hydrogen-bond donors (Lipinski definition) is 4. The molecule has 1 heterocycles. The molecule has 4 N–H and O–H groups in total. The molecule has 3 atom stereocenters. The molecule has 1 amide bonds. The second-order valence-electron chi connectivity index (χ2n) is 7.23. The molecule has 1 aliphatic rings. The summed E-state index contributed by atoms with van der Waals surface area (Å²) < 4.78 is 0. The van der Waals surface area contributed by atoms with Crippen LogP contribution in [0, 0.1) is 5.92 Å². The zero-order valence-corrected chi connectivity index (χ0v) is 14.9. The average molecular weight is 363 g/mol. The molecule has 0 saturated carbocycles. The summed E-state index contributed by atoms with van der Waals surface area (Å²) in [5, 5.41) is 19.5. The lowest BCUT2D eigenvalue weighted by molar-refractivity contribution is -0.130. The van der Waals surface area contributed by atoms with Gasteiger partial charge >= 0.3 is 0 Å². The summed E-state index contributed by atoms with van der Waals surface area (Å²) in [5.74, 6) is -1.68. The van der Waals surface area contributed by atoms with Crippen molar-refractivity contribution in [2.45, 2.75) is 24.9 Å². The second-order valence-corrected chi connectivity index (χ2v) is 7.23. The first-order chi connectivity index (χ1) is 13.0. The molecule has 0 radical (unpaired) electrons. The Bertz CT molecular complexity index is 1010. The monoisotopic (exact) mass is 363 g/mol. The summed E-state index contributed by atoms with van der Waals surface area (Å²) in [4.78, 5) is 25.7. The van der Waals surface area contributed by atoms with Gasteiger partial charge in [0, 0.05) is 29.3 Å². The maximum Gasteiger partial charge on any atom is 0.267 e. The van der Waals surface area contributed by atoms with Crippen molar-refractivity contribution in [3.63, 3.8) is 0 Å². The number of nitrogens with one attached hydrogen (secondary N) is 3. The van der Waals surface area contributed by atoms with Gasteiger partial charge in [0.2, 0.25) is 5.91 Å². The maximum atomic E-state index is 13.2. The van der Waals surface area contributed by atoms with E-state index in [-0.39, 0.29) is 17.9 Å². The number of hydrogen-bond acceptors (Lipinski definition) is 3. The molecule has 0 saturated heterocycles. The summed E-state index contributed by atoms with van der Waals surface area (Å²) in [6.07, 6.45) is 0.192. The van der Waals surface area contributed by atoms with Gasteiger partial charge in [-0.25, -0.2) is 0 Å². The van der Waals surface area contributed by atoms with Crippen LogP contribution in [0.4, 0.5) is 5.69 Å². The van der Waals surface area contributed by atoms with E-state index < -0.39 is 17.4 Å². The fraction of sp³-hybridized carbons (Fsp3) is 0.238. The first-order valence-corrected chi connectivity index (χ1v) is 8.90. The maximum absolute atomic E-state index is 13.2. The van der Waals surface area contributed by atoms with Crippen molar-refractivity contribution >= 4 is 11.6 Å². The molecule has 0 aliphatic heterocycles. The molecule has 3 aromatic rings. The van der Waals surface area contributed by atoms with Crippen LogP contribution < -0.4 is 10.9 Å². The van der Waals surface area contributed by atoms with E-state index in [4.69, 9.17) is 0 Å². The number of aliphatic hydroxyl groups is 1. The number of rotatable bonds is 3. The smallest absolute Gasteiger partial charge is 0.267 e. The van der Waals surface area contributed by atoms with E-state index in [0.29, 0.717) is 16.9 Å². The van der Waals surface area contributed by atoms with E-state index in [2.05, 4.69) is 15.5 Å². The van der Waals surface area contributed by atoms with Crippen LogP contribution in [0.1, 0.15) is 29.7 Å². The quantitative estimate of drug-likeness (QED) is 0.575. The standard InChI is InChI=1S/C21H21N3O3/c1-21(27)12-15-17(19(25)24-23-15)16(13-8-4-2-5-9-13)18(21)20(26)22-14-10-6-3-7-11-14/h2-11,16,18,27H,12H2,1H3,(H,22,26)(H2,23,24,25)/t16-,18-,21-/m0/s1. The van der Waals surface area contributed by atoms with Crippen LogP contribution in [0.15, 0.2) is 65.5 Å². The molecule has 0 fully saturated rings. The minimum atomic E-state index is -1.32.